The highest BCUT2D eigenvalue weighted by Gasteiger charge is 2.08. The van der Waals surface area contributed by atoms with Gasteiger partial charge in [-0.05, 0) is 41.7 Å². The second-order valence-electron chi connectivity index (χ2n) is 5.65. The molecule has 2 heteroatoms. The molecule has 0 aliphatic heterocycles. The summed E-state index contributed by atoms with van der Waals surface area (Å²) in [4.78, 5) is 0. The van der Waals surface area contributed by atoms with Crippen molar-refractivity contribution < 1.29 is 0 Å². The molecule has 0 atom stereocenters. The Labute approximate surface area is 123 Å². The van der Waals surface area contributed by atoms with Crippen LogP contribution >= 0.6 is 11.3 Å². The van der Waals surface area contributed by atoms with E-state index in [1.807, 2.05) is 11.3 Å². The Kier molecular flexibility index (Phi) is 9.19. The molecule has 0 amide bonds. The molecule has 0 spiro atoms. The number of rotatable bonds is 11. The lowest BCUT2D eigenvalue weighted by Gasteiger charge is -2.18. The zero-order chi connectivity index (χ0) is 13.9. The lowest BCUT2D eigenvalue weighted by molar-refractivity contribution is 0.417. The van der Waals surface area contributed by atoms with Crippen molar-refractivity contribution in [2.45, 2.75) is 84.7 Å². The maximum absolute atomic E-state index is 3.79. The van der Waals surface area contributed by atoms with Crippen LogP contribution in [0, 0.1) is 6.92 Å². The molecule has 0 fully saturated rings. The summed E-state index contributed by atoms with van der Waals surface area (Å²) in [7, 11) is 0. The van der Waals surface area contributed by atoms with Crippen molar-refractivity contribution in [3.05, 3.63) is 21.9 Å². The molecule has 0 aliphatic carbocycles. The molecule has 0 aromatic carbocycles. The second kappa shape index (κ2) is 10.4. The third-order valence-electron chi connectivity index (χ3n) is 3.86. The number of hydrogen-bond donors (Lipinski definition) is 1. The summed E-state index contributed by atoms with van der Waals surface area (Å²) in [6.07, 6.45) is 10.9. The van der Waals surface area contributed by atoms with Crippen molar-refractivity contribution in [2.75, 3.05) is 0 Å². The Balaban J connectivity index is 2.32. The van der Waals surface area contributed by atoms with E-state index in [4.69, 9.17) is 0 Å². The zero-order valence-electron chi connectivity index (χ0n) is 13.0. The van der Waals surface area contributed by atoms with Gasteiger partial charge >= 0.3 is 0 Å². The molecule has 1 nitrogen and oxygen atoms in total. The Bertz CT molecular complexity index is 309. The third kappa shape index (κ3) is 7.12. The van der Waals surface area contributed by atoms with Gasteiger partial charge in [-0.25, -0.2) is 0 Å². The number of hydrogen-bond acceptors (Lipinski definition) is 2. The first-order valence-corrected chi connectivity index (χ1v) is 8.97. The fourth-order valence-corrected chi connectivity index (χ4v) is 3.31. The van der Waals surface area contributed by atoms with Gasteiger partial charge < -0.3 is 5.32 Å². The van der Waals surface area contributed by atoms with Gasteiger partial charge in [-0.1, -0.05) is 52.4 Å². The van der Waals surface area contributed by atoms with Gasteiger partial charge in [0, 0.05) is 12.6 Å². The Morgan fingerprint density at radius 2 is 1.63 bits per heavy atom. The van der Waals surface area contributed by atoms with Crippen molar-refractivity contribution in [1.29, 1.82) is 0 Å². The Morgan fingerprint density at radius 1 is 1.00 bits per heavy atom. The van der Waals surface area contributed by atoms with Crippen molar-refractivity contribution in [3.8, 4) is 0 Å². The Hall–Kier alpha value is -0.340. The average molecular weight is 282 g/mol. The monoisotopic (exact) mass is 281 g/mol. The van der Waals surface area contributed by atoms with Gasteiger partial charge in [-0.3, -0.25) is 0 Å². The second-order valence-corrected chi connectivity index (χ2v) is 6.39. The average Bonchev–Trinajstić information content (AvgIpc) is 2.81. The van der Waals surface area contributed by atoms with E-state index < -0.39 is 0 Å². The van der Waals surface area contributed by atoms with Crippen LogP contribution in [0.2, 0.25) is 0 Å². The first-order valence-electron chi connectivity index (χ1n) is 8.03. The van der Waals surface area contributed by atoms with Crippen LogP contribution in [0.25, 0.3) is 0 Å². The Morgan fingerprint density at radius 3 is 2.11 bits per heavy atom. The van der Waals surface area contributed by atoms with Gasteiger partial charge in [-0.15, -0.1) is 0 Å². The molecule has 1 heterocycles. The van der Waals surface area contributed by atoms with Crippen LogP contribution in [0.15, 0.2) is 10.8 Å². The van der Waals surface area contributed by atoms with Gasteiger partial charge in [0.15, 0.2) is 0 Å². The molecule has 0 unspecified atom stereocenters. The number of aryl methyl sites for hydroxylation is 1. The molecule has 110 valence electrons. The molecule has 0 radical (unpaired) electrons. The number of nitrogens with one attached hydrogen (secondary N) is 1. The van der Waals surface area contributed by atoms with Gasteiger partial charge in [0.05, 0.1) is 0 Å². The molecule has 1 rings (SSSR count). The van der Waals surface area contributed by atoms with E-state index in [-0.39, 0.29) is 0 Å². The minimum absolute atomic E-state index is 0.720. The molecule has 0 aliphatic rings. The number of unbranched alkanes of at least 4 members (excludes halogenated alkanes) is 4. The van der Waals surface area contributed by atoms with E-state index in [0.717, 1.165) is 12.6 Å². The highest BCUT2D eigenvalue weighted by molar-refractivity contribution is 7.08. The highest BCUT2D eigenvalue weighted by atomic mass is 32.1. The van der Waals surface area contributed by atoms with E-state index in [0.29, 0.717) is 0 Å². The summed E-state index contributed by atoms with van der Waals surface area (Å²) in [5.74, 6) is 0. The maximum Gasteiger partial charge on any atom is 0.0218 e. The largest absolute Gasteiger partial charge is 0.310 e. The van der Waals surface area contributed by atoms with E-state index in [1.54, 1.807) is 0 Å². The van der Waals surface area contributed by atoms with Gasteiger partial charge in [0.25, 0.3) is 0 Å². The fourth-order valence-electron chi connectivity index (χ4n) is 2.45. The lowest BCUT2D eigenvalue weighted by atomic mass is 10.0. The number of thiophene rings is 1. The molecule has 0 bridgehead atoms. The fraction of sp³-hybridized carbons (Fsp3) is 0.765. The lowest BCUT2D eigenvalue weighted by Crippen LogP contribution is -2.28. The summed E-state index contributed by atoms with van der Waals surface area (Å²) in [5.41, 5.74) is 2.93. The summed E-state index contributed by atoms with van der Waals surface area (Å²) in [5, 5.41) is 8.33. The topological polar surface area (TPSA) is 12.0 Å². The van der Waals surface area contributed by atoms with Crippen LogP contribution < -0.4 is 5.32 Å². The standard InChI is InChI=1S/C17H31NS/c1-4-6-8-10-17(11-9-7-5-2)18-12-16-14-19-13-15(16)3/h13-14,17-18H,4-12H2,1-3H3. The summed E-state index contributed by atoms with van der Waals surface area (Å²) in [6, 6.07) is 0.720. The molecular formula is C17H31NS. The van der Waals surface area contributed by atoms with Crippen LogP contribution in [0.3, 0.4) is 0 Å². The molecule has 0 saturated heterocycles. The van der Waals surface area contributed by atoms with Crippen molar-refractivity contribution in [2.24, 2.45) is 0 Å². The van der Waals surface area contributed by atoms with E-state index in [1.165, 1.54) is 62.5 Å². The normalized spacial score (nSPS) is 11.4. The molecule has 1 aromatic heterocycles. The summed E-state index contributed by atoms with van der Waals surface area (Å²) >= 11 is 1.82. The van der Waals surface area contributed by atoms with Crippen LogP contribution in [-0.2, 0) is 6.54 Å². The minimum atomic E-state index is 0.720. The molecule has 1 aromatic rings. The van der Waals surface area contributed by atoms with E-state index in [2.05, 4.69) is 36.8 Å². The van der Waals surface area contributed by atoms with Gasteiger partial charge in [0.1, 0.15) is 0 Å². The van der Waals surface area contributed by atoms with E-state index >= 15 is 0 Å². The van der Waals surface area contributed by atoms with Crippen molar-refractivity contribution in [3.63, 3.8) is 0 Å². The molecule has 19 heavy (non-hydrogen) atoms. The van der Waals surface area contributed by atoms with Gasteiger partial charge in [0.2, 0.25) is 0 Å². The zero-order valence-corrected chi connectivity index (χ0v) is 13.8. The first-order chi connectivity index (χ1) is 9.27. The van der Waals surface area contributed by atoms with Crippen molar-refractivity contribution >= 4 is 11.3 Å². The highest BCUT2D eigenvalue weighted by Crippen LogP contribution is 2.16. The predicted octanol–water partition coefficient (Wildman–Crippen LogP) is 5.68. The van der Waals surface area contributed by atoms with Crippen molar-refractivity contribution in [1.82, 2.24) is 5.32 Å². The minimum Gasteiger partial charge on any atom is -0.310 e. The maximum atomic E-state index is 3.79. The van der Waals surface area contributed by atoms with Crippen LogP contribution in [0.5, 0.6) is 0 Å². The van der Waals surface area contributed by atoms with Gasteiger partial charge in [-0.2, -0.15) is 11.3 Å². The van der Waals surface area contributed by atoms with Crippen LogP contribution in [0.4, 0.5) is 0 Å². The molecular weight excluding hydrogens is 250 g/mol. The predicted molar refractivity (Wildman–Crippen MR) is 88.0 cm³/mol. The summed E-state index contributed by atoms with van der Waals surface area (Å²) in [6.45, 7) is 7.84. The summed E-state index contributed by atoms with van der Waals surface area (Å²) < 4.78 is 0. The molecule has 1 N–H and O–H groups in total. The quantitative estimate of drug-likeness (QED) is 0.515. The van der Waals surface area contributed by atoms with E-state index in [9.17, 15) is 0 Å². The van der Waals surface area contributed by atoms with Crippen LogP contribution in [0.1, 0.15) is 76.3 Å². The smallest absolute Gasteiger partial charge is 0.0218 e. The first kappa shape index (κ1) is 16.7. The SMILES string of the molecule is CCCCCC(CCCCC)NCc1cscc1C. The third-order valence-corrected chi connectivity index (χ3v) is 4.77. The molecule has 0 saturated carbocycles. The van der Waals surface area contributed by atoms with Crippen LogP contribution in [-0.4, -0.2) is 6.04 Å².